The Morgan fingerprint density at radius 1 is 1.41 bits per heavy atom. The lowest BCUT2D eigenvalue weighted by molar-refractivity contribution is 0.116. The normalized spacial score (nSPS) is 15.8. The number of aliphatic hydroxyl groups is 1. The lowest BCUT2D eigenvalue weighted by atomic mass is 9.89. The minimum Gasteiger partial charge on any atom is -0.392 e. The van der Waals surface area contributed by atoms with E-state index in [-0.39, 0.29) is 11.5 Å². The van der Waals surface area contributed by atoms with Crippen LogP contribution in [0.3, 0.4) is 0 Å². The highest BCUT2D eigenvalue weighted by molar-refractivity contribution is 7.10. The number of thiophene rings is 1. The van der Waals surface area contributed by atoms with Gasteiger partial charge >= 0.3 is 0 Å². The van der Waals surface area contributed by atoms with Crippen LogP contribution < -0.4 is 5.32 Å². The van der Waals surface area contributed by atoms with Crippen LogP contribution in [0.15, 0.2) is 17.5 Å². The minimum absolute atomic E-state index is 0.186. The van der Waals surface area contributed by atoms with Gasteiger partial charge in [0.25, 0.3) is 0 Å². The van der Waals surface area contributed by atoms with Gasteiger partial charge in [0.1, 0.15) is 0 Å². The van der Waals surface area contributed by atoms with Crippen LogP contribution in [-0.2, 0) is 0 Å². The maximum Gasteiger partial charge on any atom is 0.0669 e. The highest BCUT2D eigenvalue weighted by Gasteiger charge is 2.18. The first kappa shape index (κ1) is 14.7. The number of aliphatic hydroxyl groups excluding tert-OH is 1. The number of nitrogens with one attached hydrogen (secondary N) is 1. The van der Waals surface area contributed by atoms with Gasteiger partial charge in [0.2, 0.25) is 0 Å². The molecule has 2 nitrogen and oxygen atoms in total. The monoisotopic (exact) mass is 255 g/mol. The van der Waals surface area contributed by atoms with Gasteiger partial charge in [-0.15, -0.1) is 11.3 Å². The second kappa shape index (κ2) is 6.53. The molecule has 1 rings (SSSR count). The zero-order chi connectivity index (χ0) is 12.9. The molecule has 0 fully saturated rings. The van der Waals surface area contributed by atoms with E-state index in [4.69, 9.17) is 0 Å². The third-order valence-corrected chi connectivity index (χ3v) is 3.73. The summed E-state index contributed by atoms with van der Waals surface area (Å²) in [5.74, 6) is 0. The molecular formula is C14H25NOS. The van der Waals surface area contributed by atoms with Crippen molar-refractivity contribution in [3.8, 4) is 0 Å². The van der Waals surface area contributed by atoms with Crippen molar-refractivity contribution in [2.45, 2.75) is 52.7 Å². The Morgan fingerprint density at radius 2 is 2.12 bits per heavy atom. The summed E-state index contributed by atoms with van der Waals surface area (Å²) in [6.45, 7) is 9.33. The summed E-state index contributed by atoms with van der Waals surface area (Å²) < 4.78 is 0. The fourth-order valence-corrected chi connectivity index (χ4v) is 2.88. The Kier molecular flexibility index (Phi) is 5.63. The first-order valence-corrected chi connectivity index (χ1v) is 7.25. The largest absolute Gasteiger partial charge is 0.392 e. The number of hydrogen-bond acceptors (Lipinski definition) is 3. The molecule has 0 aliphatic rings. The summed E-state index contributed by atoms with van der Waals surface area (Å²) in [6, 6.07) is 4.61. The molecule has 0 aliphatic heterocycles. The van der Waals surface area contributed by atoms with E-state index in [0.717, 1.165) is 12.8 Å². The van der Waals surface area contributed by atoms with Crippen LogP contribution in [0.5, 0.6) is 0 Å². The van der Waals surface area contributed by atoms with Crippen LogP contribution in [0, 0.1) is 5.41 Å². The van der Waals surface area contributed by atoms with Gasteiger partial charge in [-0.3, -0.25) is 0 Å². The van der Waals surface area contributed by atoms with Crippen LogP contribution in [0.2, 0.25) is 0 Å². The Morgan fingerprint density at radius 3 is 2.59 bits per heavy atom. The van der Waals surface area contributed by atoms with Crippen LogP contribution in [0.1, 0.15) is 51.5 Å². The third-order valence-electron chi connectivity index (χ3n) is 2.74. The molecule has 0 saturated heterocycles. The smallest absolute Gasteiger partial charge is 0.0669 e. The third kappa shape index (κ3) is 5.66. The fraction of sp³-hybridized carbons (Fsp3) is 0.714. The standard InChI is InChI=1S/C14H25NOS/c1-5-12(13-7-6-8-17-13)15-10-11(16)9-14(2,3)4/h6-8,11-12,15-16H,5,9-10H2,1-4H3. The van der Waals surface area contributed by atoms with Crippen molar-refractivity contribution in [1.29, 1.82) is 0 Å². The van der Waals surface area contributed by atoms with Gasteiger partial charge in [-0.25, -0.2) is 0 Å². The van der Waals surface area contributed by atoms with Crippen LogP contribution in [-0.4, -0.2) is 17.8 Å². The molecule has 0 aromatic carbocycles. The molecule has 1 heterocycles. The van der Waals surface area contributed by atoms with E-state index in [9.17, 15) is 5.11 Å². The van der Waals surface area contributed by atoms with Gasteiger partial charge in [0.05, 0.1) is 6.10 Å². The number of hydrogen-bond donors (Lipinski definition) is 2. The molecule has 17 heavy (non-hydrogen) atoms. The Balaban J connectivity index is 2.38. The summed E-state index contributed by atoms with van der Waals surface area (Å²) in [5.41, 5.74) is 0.186. The zero-order valence-electron chi connectivity index (χ0n) is 11.4. The van der Waals surface area contributed by atoms with Gasteiger partial charge in [0, 0.05) is 17.5 Å². The van der Waals surface area contributed by atoms with E-state index in [0.29, 0.717) is 12.6 Å². The second-order valence-electron chi connectivity index (χ2n) is 5.80. The molecule has 0 spiro atoms. The maximum absolute atomic E-state index is 9.97. The van der Waals surface area contributed by atoms with E-state index in [1.165, 1.54) is 4.88 Å². The van der Waals surface area contributed by atoms with Crippen LogP contribution >= 0.6 is 11.3 Å². The van der Waals surface area contributed by atoms with Gasteiger partial charge in [-0.05, 0) is 29.7 Å². The Labute approximate surface area is 109 Å². The molecule has 0 saturated carbocycles. The maximum atomic E-state index is 9.97. The summed E-state index contributed by atoms with van der Waals surface area (Å²) in [5, 5.41) is 15.5. The van der Waals surface area contributed by atoms with Crippen molar-refractivity contribution >= 4 is 11.3 Å². The summed E-state index contributed by atoms with van der Waals surface area (Å²) in [7, 11) is 0. The van der Waals surface area contributed by atoms with Crippen molar-refractivity contribution in [3.63, 3.8) is 0 Å². The fourth-order valence-electron chi connectivity index (χ4n) is 1.99. The highest BCUT2D eigenvalue weighted by atomic mass is 32.1. The van der Waals surface area contributed by atoms with E-state index in [2.05, 4.69) is 50.5 Å². The first-order chi connectivity index (χ1) is 7.92. The van der Waals surface area contributed by atoms with Crippen molar-refractivity contribution in [2.75, 3.05) is 6.54 Å². The van der Waals surface area contributed by atoms with Gasteiger partial charge in [0.15, 0.2) is 0 Å². The predicted molar refractivity (Wildman–Crippen MR) is 75.4 cm³/mol. The molecule has 3 heteroatoms. The molecule has 1 aromatic rings. The SMILES string of the molecule is CCC(NCC(O)CC(C)(C)C)c1cccs1. The van der Waals surface area contributed by atoms with Crippen LogP contribution in [0.25, 0.3) is 0 Å². The quantitative estimate of drug-likeness (QED) is 0.814. The van der Waals surface area contributed by atoms with Crippen molar-refractivity contribution in [3.05, 3.63) is 22.4 Å². The molecular weight excluding hydrogens is 230 g/mol. The van der Waals surface area contributed by atoms with Gasteiger partial charge in [-0.2, -0.15) is 0 Å². The van der Waals surface area contributed by atoms with E-state index < -0.39 is 0 Å². The Bertz CT molecular complexity index is 303. The number of rotatable bonds is 6. The van der Waals surface area contributed by atoms with E-state index in [1.807, 2.05) is 0 Å². The summed E-state index contributed by atoms with van der Waals surface area (Å²) in [4.78, 5) is 1.36. The average molecular weight is 255 g/mol. The van der Waals surface area contributed by atoms with Crippen molar-refractivity contribution in [1.82, 2.24) is 5.32 Å². The predicted octanol–water partition coefficient (Wildman–Crippen LogP) is 3.59. The first-order valence-electron chi connectivity index (χ1n) is 6.37. The topological polar surface area (TPSA) is 32.3 Å². The molecule has 2 atom stereocenters. The molecule has 2 N–H and O–H groups in total. The molecule has 0 radical (unpaired) electrons. The molecule has 2 unspecified atom stereocenters. The molecule has 0 bridgehead atoms. The Hall–Kier alpha value is -0.380. The minimum atomic E-state index is -0.260. The average Bonchev–Trinajstić information content (AvgIpc) is 2.69. The van der Waals surface area contributed by atoms with Gasteiger partial charge < -0.3 is 10.4 Å². The lowest BCUT2D eigenvalue weighted by Gasteiger charge is -2.24. The van der Waals surface area contributed by atoms with Crippen molar-refractivity contribution < 1.29 is 5.11 Å². The summed E-state index contributed by atoms with van der Waals surface area (Å²) in [6.07, 6.45) is 1.63. The molecule has 0 aliphatic carbocycles. The van der Waals surface area contributed by atoms with Crippen molar-refractivity contribution in [2.24, 2.45) is 5.41 Å². The van der Waals surface area contributed by atoms with Gasteiger partial charge in [-0.1, -0.05) is 33.8 Å². The lowest BCUT2D eigenvalue weighted by Crippen LogP contribution is -2.32. The zero-order valence-corrected chi connectivity index (χ0v) is 12.2. The molecule has 98 valence electrons. The molecule has 1 aromatic heterocycles. The summed E-state index contributed by atoms with van der Waals surface area (Å²) >= 11 is 1.78. The second-order valence-corrected chi connectivity index (χ2v) is 6.78. The van der Waals surface area contributed by atoms with E-state index >= 15 is 0 Å². The molecule has 0 amide bonds. The van der Waals surface area contributed by atoms with E-state index in [1.54, 1.807) is 11.3 Å². The highest BCUT2D eigenvalue weighted by Crippen LogP contribution is 2.23. The van der Waals surface area contributed by atoms with Crippen LogP contribution in [0.4, 0.5) is 0 Å².